The third kappa shape index (κ3) is 3.27. The maximum atomic E-state index is 13.3. The van der Waals surface area contributed by atoms with Gasteiger partial charge in [-0.25, -0.2) is 9.97 Å². The lowest BCUT2D eigenvalue weighted by Crippen LogP contribution is -2.51. The van der Waals surface area contributed by atoms with Gasteiger partial charge in [0.1, 0.15) is 0 Å². The summed E-state index contributed by atoms with van der Waals surface area (Å²) >= 11 is 1.54. The predicted octanol–water partition coefficient (Wildman–Crippen LogP) is 5.09. The molecule has 1 N–H and O–H groups in total. The van der Waals surface area contributed by atoms with E-state index in [4.69, 9.17) is 0 Å². The van der Waals surface area contributed by atoms with Crippen molar-refractivity contribution in [2.45, 2.75) is 55.5 Å². The van der Waals surface area contributed by atoms with Crippen molar-refractivity contribution in [3.63, 3.8) is 0 Å². The predicted molar refractivity (Wildman–Crippen MR) is 107 cm³/mol. The standard InChI is InChI=1S/C22H25N3OS/c1-14-7-18(27-21-23-5-2-6-24-21)3-4-19(14)25-20(26)22-11-15-8-16(12-22)10-17(9-15)13-22/h2-7,15-17H,8-13H2,1H3,(H,25,26). The normalized spacial score (nSPS) is 31.1. The number of amides is 1. The van der Waals surface area contributed by atoms with Crippen LogP contribution in [0.2, 0.25) is 0 Å². The van der Waals surface area contributed by atoms with E-state index in [-0.39, 0.29) is 11.3 Å². The molecule has 27 heavy (non-hydrogen) atoms. The van der Waals surface area contributed by atoms with Crippen LogP contribution in [-0.4, -0.2) is 15.9 Å². The molecule has 1 aromatic carbocycles. The average Bonchev–Trinajstić information content (AvgIpc) is 2.63. The Labute approximate surface area is 164 Å². The molecular formula is C22H25N3OS. The van der Waals surface area contributed by atoms with Gasteiger partial charge in [-0.2, -0.15) is 0 Å². The smallest absolute Gasteiger partial charge is 0.230 e. The number of aromatic nitrogens is 2. The first-order valence-corrected chi connectivity index (χ1v) is 10.8. The number of nitrogens with zero attached hydrogens (tertiary/aromatic N) is 2. The van der Waals surface area contributed by atoms with Crippen LogP contribution in [0, 0.1) is 30.1 Å². The Balaban J connectivity index is 1.31. The highest BCUT2D eigenvalue weighted by molar-refractivity contribution is 7.99. The third-order valence-corrected chi connectivity index (χ3v) is 7.60. The number of hydrogen-bond donors (Lipinski definition) is 1. The summed E-state index contributed by atoms with van der Waals surface area (Å²) in [6, 6.07) is 8.00. The molecule has 0 unspecified atom stereocenters. The van der Waals surface area contributed by atoms with Gasteiger partial charge in [0.05, 0.1) is 5.41 Å². The minimum Gasteiger partial charge on any atom is -0.325 e. The number of aryl methyl sites for hydroxylation is 1. The van der Waals surface area contributed by atoms with E-state index in [1.807, 2.05) is 18.2 Å². The van der Waals surface area contributed by atoms with E-state index in [0.717, 1.165) is 58.3 Å². The average molecular weight is 380 g/mol. The van der Waals surface area contributed by atoms with Crippen LogP contribution in [0.5, 0.6) is 0 Å². The fourth-order valence-corrected chi connectivity index (χ4v) is 6.74. The van der Waals surface area contributed by atoms with Crippen LogP contribution in [0.25, 0.3) is 0 Å². The molecule has 0 atom stereocenters. The third-order valence-electron chi connectivity index (χ3n) is 6.72. The summed E-state index contributed by atoms with van der Waals surface area (Å²) in [5.74, 6) is 2.62. The molecule has 0 saturated heterocycles. The molecule has 1 heterocycles. The summed E-state index contributed by atoms with van der Waals surface area (Å²) in [5.41, 5.74) is 1.93. The van der Waals surface area contributed by atoms with Gasteiger partial charge in [0.25, 0.3) is 0 Å². The van der Waals surface area contributed by atoms with Crippen LogP contribution in [0.1, 0.15) is 44.1 Å². The van der Waals surface area contributed by atoms with E-state index in [9.17, 15) is 4.79 Å². The van der Waals surface area contributed by atoms with Crippen molar-refractivity contribution in [1.82, 2.24) is 9.97 Å². The fraction of sp³-hybridized carbons (Fsp3) is 0.500. The number of carbonyl (C=O) groups is 1. The number of anilines is 1. The van der Waals surface area contributed by atoms with Gasteiger partial charge in [-0.15, -0.1) is 0 Å². The summed E-state index contributed by atoms with van der Waals surface area (Å²) in [7, 11) is 0. The lowest BCUT2D eigenvalue weighted by molar-refractivity contribution is -0.140. The summed E-state index contributed by atoms with van der Waals surface area (Å²) in [6.45, 7) is 2.06. The van der Waals surface area contributed by atoms with Crippen LogP contribution >= 0.6 is 11.8 Å². The van der Waals surface area contributed by atoms with Gasteiger partial charge in [-0.1, -0.05) is 0 Å². The van der Waals surface area contributed by atoms with Gasteiger partial charge in [-0.3, -0.25) is 4.79 Å². The molecule has 4 nitrogen and oxygen atoms in total. The number of nitrogens with one attached hydrogen (secondary N) is 1. The Bertz CT molecular complexity index is 832. The minimum atomic E-state index is -0.105. The highest BCUT2D eigenvalue weighted by atomic mass is 32.2. The van der Waals surface area contributed by atoms with Crippen molar-refractivity contribution in [3.8, 4) is 0 Å². The highest BCUT2D eigenvalue weighted by Gasteiger charge is 2.54. The van der Waals surface area contributed by atoms with Crippen molar-refractivity contribution in [1.29, 1.82) is 0 Å². The van der Waals surface area contributed by atoms with Crippen molar-refractivity contribution < 1.29 is 4.79 Å². The van der Waals surface area contributed by atoms with Gasteiger partial charge in [0, 0.05) is 23.0 Å². The molecule has 4 bridgehead atoms. The summed E-state index contributed by atoms with van der Waals surface area (Å²) in [6.07, 6.45) is 10.9. The molecule has 6 rings (SSSR count). The second-order valence-electron chi connectivity index (χ2n) is 8.76. The van der Waals surface area contributed by atoms with E-state index < -0.39 is 0 Å². The zero-order chi connectivity index (χ0) is 18.4. The summed E-state index contributed by atoms with van der Waals surface area (Å²) in [4.78, 5) is 22.9. The minimum absolute atomic E-state index is 0.105. The highest BCUT2D eigenvalue weighted by Crippen LogP contribution is 2.60. The quantitative estimate of drug-likeness (QED) is 0.752. The molecule has 0 spiro atoms. The zero-order valence-electron chi connectivity index (χ0n) is 15.6. The van der Waals surface area contributed by atoms with Gasteiger partial charge >= 0.3 is 0 Å². The second-order valence-corrected chi connectivity index (χ2v) is 9.80. The van der Waals surface area contributed by atoms with Crippen molar-refractivity contribution in [3.05, 3.63) is 42.2 Å². The maximum Gasteiger partial charge on any atom is 0.230 e. The first-order valence-electron chi connectivity index (χ1n) is 9.97. The Morgan fingerprint density at radius 2 is 1.70 bits per heavy atom. The van der Waals surface area contributed by atoms with Crippen LogP contribution in [0.4, 0.5) is 5.69 Å². The van der Waals surface area contributed by atoms with E-state index in [2.05, 4.69) is 28.3 Å². The van der Waals surface area contributed by atoms with Crippen LogP contribution < -0.4 is 5.32 Å². The SMILES string of the molecule is Cc1cc(Sc2ncccn2)ccc1NC(=O)C12CC3CC(CC(C3)C1)C2. The molecular weight excluding hydrogens is 354 g/mol. The van der Waals surface area contributed by atoms with Gasteiger partial charge < -0.3 is 5.32 Å². The Morgan fingerprint density at radius 3 is 2.30 bits per heavy atom. The lowest BCUT2D eigenvalue weighted by Gasteiger charge is -2.55. The molecule has 2 aromatic rings. The van der Waals surface area contributed by atoms with Crippen LogP contribution in [0.15, 0.2) is 46.7 Å². The summed E-state index contributed by atoms with van der Waals surface area (Å²) in [5, 5.41) is 4.02. The first-order chi connectivity index (χ1) is 13.1. The Hall–Kier alpha value is -1.88. The first kappa shape index (κ1) is 17.2. The molecule has 4 aliphatic carbocycles. The molecule has 4 aliphatic rings. The van der Waals surface area contributed by atoms with E-state index >= 15 is 0 Å². The molecule has 0 radical (unpaired) electrons. The largest absolute Gasteiger partial charge is 0.325 e. The number of rotatable bonds is 4. The molecule has 140 valence electrons. The van der Waals surface area contributed by atoms with Gasteiger partial charge in [0.15, 0.2) is 5.16 Å². The van der Waals surface area contributed by atoms with E-state index in [1.54, 1.807) is 24.2 Å². The van der Waals surface area contributed by atoms with Gasteiger partial charge in [-0.05, 0) is 105 Å². The maximum absolute atomic E-state index is 13.3. The van der Waals surface area contributed by atoms with Crippen molar-refractivity contribution in [2.75, 3.05) is 5.32 Å². The second kappa shape index (κ2) is 6.62. The van der Waals surface area contributed by atoms with Gasteiger partial charge in [0.2, 0.25) is 5.91 Å². The lowest BCUT2D eigenvalue weighted by atomic mass is 9.49. The van der Waals surface area contributed by atoms with Crippen molar-refractivity contribution in [2.24, 2.45) is 23.2 Å². The van der Waals surface area contributed by atoms with Crippen molar-refractivity contribution >= 4 is 23.4 Å². The monoisotopic (exact) mass is 379 g/mol. The topological polar surface area (TPSA) is 54.9 Å². The fourth-order valence-electron chi connectivity index (χ4n) is 5.93. The molecule has 1 aromatic heterocycles. The molecule has 5 heteroatoms. The zero-order valence-corrected chi connectivity index (χ0v) is 16.5. The van der Waals surface area contributed by atoms with E-state index in [0.29, 0.717) is 0 Å². The molecule has 0 aliphatic heterocycles. The van der Waals surface area contributed by atoms with Crippen LogP contribution in [-0.2, 0) is 4.79 Å². The van der Waals surface area contributed by atoms with E-state index in [1.165, 1.54) is 19.3 Å². The summed E-state index contributed by atoms with van der Waals surface area (Å²) < 4.78 is 0. The number of benzene rings is 1. The molecule has 1 amide bonds. The molecule has 4 saturated carbocycles. The number of carbonyl (C=O) groups excluding carboxylic acids is 1. The Kier molecular flexibility index (Phi) is 4.23. The van der Waals surface area contributed by atoms with Crippen LogP contribution in [0.3, 0.4) is 0 Å². The molecule has 4 fully saturated rings. The number of hydrogen-bond acceptors (Lipinski definition) is 4. The Morgan fingerprint density at radius 1 is 1.07 bits per heavy atom.